The molecule has 4 aromatic rings. The van der Waals surface area contributed by atoms with Crippen LogP contribution in [0.5, 0.6) is 0 Å². The molecule has 0 fully saturated rings. The molecule has 0 N–H and O–H groups in total. The lowest BCUT2D eigenvalue weighted by Gasteiger charge is -2.25. The van der Waals surface area contributed by atoms with Gasteiger partial charge in [0, 0.05) is 9.13 Å². The van der Waals surface area contributed by atoms with E-state index in [0.717, 1.165) is 11.1 Å². The molecule has 0 bridgehead atoms. The van der Waals surface area contributed by atoms with Crippen LogP contribution >= 0.6 is 22.6 Å². The zero-order valence-electron chi connectivity index (χ0n) is 26.3. The van der Waals surface area contributed by atoms with Crippen molar-refractivity contribution in [3.63, 3.8) is 0 Å². The molecule has 2 heteroatoms. The van der Waals surface area contributed by atoms with Crippen molar-refractivity contribution in [1.29, 1.82) is 0 Å². The third-order valence-electron chi connectivity index (χ3n) is 7.49. The maximum absolute atomic E-state index is 3.36. The largest absolute Gasteiger partial charge is 0.129 e. The Morgan fingerprint density at radius 2 is 1.23 bits per heavy atom. The molecule has 0 heterocycles. The third kappa shape index (κ3) is 7.51. The molecule has 0 amide bonds. The van der Waals surface area contributed by atoms with Crippen molar-refractivity contribution in [1.82, 2.24) is 0 Å². The smallest absolute Gasteiger partial charge is 0.127 e. The lowest BCUT2D eigenvalue weighted by Crippen LogP contribution is -2.16. The van der Waals surface area contributed by atoms with Gasteiger partial charge in [-0.15, -0.1) is 5.54 Å². The van der Waals surface area contributed by atoms with Crippen molar-refractivity contribution in [2.75, 3.05) is 0 Å². The summed E-state index contributed by atoms with van der Waals surface area (Å²) >= 11 is 2.39. The van der Waals surface area contributed by atoms with Crippen molar-refractivity contribution in [2.24, 2.45) is 0 Å². The number of fused-ring (bicyclic) bond motifs is 2. The standard InChI is InChI=1S/C42H37ISi/c1-30(12-8-7-9-29-44(4,5)6)17-18-33-19-21-36(22-20-33)41-39-31(2)13-10-15-34(39)23-24-35-16-11-14-32(3)40(35)42(41)37-25-27-38(43)28-26-37/h7-8,10-16,19-28H,1-6H3/b8-7-,24-23-,30-12-,34-23?,35-24?,41-39?,42-40?,42-41-. The van der Waals surface area contributed by atoms with Gasteiger partial charge in [-0.1, -0.05) is 122 Å². The predicted octanol–water partition coefficient (Wildman–Crippen LogP) is 11.1. The number of allylic oxidation sites excluding steroid dienone is 4. The fourth-order valence-electron chi connectivity index (χ4n) is 5.40. The van der Waals surface area contributed by atoms with Crippen LogP contribution in [0.1, 0.15) is 57.0 Å². The summed E-state index contributed by atoms with van der Waals surface area (Å²) < 4.78 is 1.23. The van der Waals surface area contributed by atoms with E-state index in [1.54, 1.807) is 0 Å². The normalized spacial score (nSPS) is 15.2. The fourth-order valence-corrected chi connectivity index (χ4v) is 6.27. The van der Waals surface area contributed by atoms with Gasteiger partial charge >= 0.3 is 0 Å². The molecule has 0 saturated carbocycles. The van der Waals surface area contributed by atoms with E-state index >= 15 is 0 Å². The molecule has 1 aliphatic rings. The summed E-state index contributed by atoms with van der Waals surface area (Å²) in [5.74, 6) is 9.83. The molecule has 0 atom stereocenters. The molecular formula is C42H37ISi. The summed E-state index contributed by atoms with van der Waals surface area (Å²) in [5, 5.41) is 0. The quantitative estimate of drug-likeness (QED) is 0.0762. The van der Waals surface area contributed by atoms with E-state index in [1.807, 2.05) is 25.2 Å². The number of rotatable bonds is 3. The summed E-state index contributed by atoms with van der Waals surface area (Å²) in [5.41, 5.74) is 17.8. The third-order valence-corrected chi connectivity index (χ3v) is 9.10. The van der Waals surface area contributed by atoms with Gasteiger partial charge in [-0.2, -0.15) is 0 Å². The monoisotopic (exact) mass is 696 g/mol. The van der Waals surface area contributed by atoms with Crippen molar-refractivity contribution >= 4 is 54.0 Å². The van der Waals surface area contributed by atoms with Gasteiger partial charge in [0.25, 0.3) is 0 Å². The second-order valence-corrected chi connectivity index (χ2v) is 18.2. The molecule has 44 heavy (non-hydrogen) atoms. The minimum absolute atomic E-state index is 0.993. The number of hydrogen-bond donors (Lipinski definition) is 0. The van der Waals surface area contributed by atoms with Crippen LogP contribution in [0.15, 0.2) is 109 Å². The lowest BCUT2D eigenvalue weighted by atomic mass is 9.78. The molecule has 0 aromatic heterocycles. The van der Waals surface area contributed by atoms with E-state index in [4.69, 9.17) is 0 Å². The van der Waals surface area contributed by atoms with Crippen molar-refractivity contribution in [3.05, 3.63) is 162 Å². The van der Waals surface area contributed by atoms with Gasteiger partial charge in [0.1, 0.15) is 8.07 Å². The van der Waals surface area contributed by atoms with Gasteiger partial charge < -0.3 is 0 Å². The minimum atomic E-state index is -1.35. The molecule has 0 aliphatic heterocycles. The molecule has 0 spiro atoms. The second-order valence-electron chi connectivity index (χ2n) is 12.2. The highest BCUT2D eigenvalue weighted by Crippen LogP contribution is 2.43. The van der Waals surface area contributed by atoms with Gasteiger partial charge in [-0.05, 0) is 135 Å². The number of benzene rings is 4. The molecule has 0 radical (unpaired) electrons. The van der Waals surface area contributed by atoms with Crippen LogP contribution in [0.3, 0.4) is 0 Å². The van der Waals surface area contributed by atoms with Crippen LogP contribution in [-0.4, -0.2) is 8.07 Å². The summed E-state index contributed by atoms with van der Waals surface area (Å²) in [7, 11) is -1.35. The Kier molecular flexibility index (Phi) is 9.75. The molecule has 216 valence electrons. The van der Waals surface area contributed by atoms with E-state index in [2.05, 4.69) is 176 Å². The van der Waals surface area contributed by atoms with Gasteiger partial charge in [-0.3, -0.25) is 0 Å². The highest BCUT2D eigenvalue weighted by Gasteiger charge is 2.23. The average molecular weight is 697 g/mol. The lowest BCUT2D eigenvalue weighted by molar-refractivity contribution is 1.36. The van der Waals surface area contributed by atoms with Crippen LogP contribution in [0.25, 0.3) is 23.3 Å². The van der Waals surface area contributed by atoms with E-state index in [9.17, 15) is 0 Å². The van der Waals surface area contributed by atoms with Crippen LogP contribution in [-0.2, 0) is 0 Å². The Balaban J connectivity index is 1.65. The Morgan fingerprint density at radius 1 is 0.705 bits per heavy atom. The Hall–Kier alpha value is -4.09. The average Bonchev–Trinajstić information content (AvgIpc) is 2.98. The van der Waals surface area contributed by atoms with E-state index in [-0.39, 0.29) is 0 Å². The summed E-state index contributed by atoms with van der Waals surface area (Å²) in [4.78, 5) is 0. The zero-order valence-corrected chi connectivity index (χ0v) is 29.5. The maximum Gasteiger partial charge on any atom is 0.129 e. The molecular weight excluding hydrogens is 659 g/mol. The first-order valence-electron chi connectivity index (χ1n) is 15.0. The van der Waals surface area contributed by atoms with E-state index in [1.165, 1.54) is 59.2 Å². The predicted molar refractivity (Wildman–Crippen MR) is 203 cm³/mol. The second kappa shape index (κ2) is 13.7. The Morgan fingerprint density at radius 3 is 1.75 bits per heavy atom. The summed E-state index contributed by atoms with van der Waals surface area (Å²) in [6.45, 7) is 13.2. The van der Waals surface area contributed by atoms with Crippen LogP contribution in [0, 0.1) is 40.7 Å². The Labute approximate surface area is 278 Å². The number of aryl methyl sites for hydroxylation is 2. The SMILES string of the molecule is C/C(C#Cc1ccc(/C2=C(\c3ccc(I)cc3)c3c(C)cccc3/C=C\c3cccc(C)c32)cc1)=C/C=C\C#C[Si](C)(C)C. The van der Waals surface area contributed by atoms with Gasteiger partial charge in [0.15, 0.2) is 0 Å². The van der Waals surface area contributed by atoms with Gasteiger partial charge in [-0.25, -0.2) is 0 Å². The van der Waals surface area contributed by atoms with Gasteiger partial charge in [0.2, 0.25) is 0 Å². The van der Waals surface area contributed by atoms with Crippen molar-refractivity contribution in [3.8, 4) is 23.3 Å². The maximum atomic E-state index is 3.36. The van der Waals surface area contributed by atoms with Crippen molar-refractivity contribution < 1.29 is 0 Å². The zero-order chi connectivity index (χ0) is 31.3. The summed E-state index contributed by atoms with van der Waals surface area (Å²) in [6.07, 6.45) is 10.5. The number of hydrogen-bond acceptors (Lipinski definition) is 0. The van der Waals surface area contributed by atoms with E-state index in [0.29, 0.717) is 0 Å². The highest BCUT2D eigenvalue weighted by molar-refractivity contribution is 14.1. The first-order valence-corrected chi connectivity index (χ1v) is 19.6. The molecule has 0 unspecified atom stereocenters. The minimum Gasteiger partial charge on any atom is -0.127 e. The molecule has 0 nitrogen and oxygen atoms in total. The Bertz CT molecular complexity index is 1950. The first kappa shape index (κ1) is 31.3. The molecule has 1 aliphatic carbocycles. The number of halogens is 1. The van der Waals surface area contributed by atoms with Crippen LogP contribution < -0.4 is 0 Å². The molecule has 5 rings (SSSR count). The van der Waals surface area contributed by atoms with Crippen molar-refractivity contribution in [2.45, 2.75) is 40.4 Å². The van der Waals surface area contributed by atoms with E-state index < -0.39 is 8.07 Å². The topological polar surface area (TPSA) is 0 Å². The fraction of sp³-hybridized carbons (Fsp3) is 0.143. The van der Waals surface area contributed by atoms with Crippen LogP contribution in [0.4, 0.5) is 0 Å². The van der Waals surface area contributed by atoms with Gasteiger partial charge in [0.05, 0.1) is 0 Å². The molecule has 0 saturated heterocycles. The molecule has 4 aromatic carbocycles. The highest BCUT2D eigenvalue weighted by atomic mass is 127. The van der Waals surface area contributed by atoms with Crippen LogP contribution in [0.2, 0.25) is 19.6 Å². The summed E-state index contributed by atoms with van der Waals surface area (Å²) in [6, 6.07) is 30.9. The first-order chi connectivity index (χ1) is 21.1.